The Morgan fingerprint density at radius 1 is 1.42 bits per heavy atom. The van der Waals surface area contributed by atoms with Crippen molar-refractivity contribution in [2.24, 2.45) is 0 Å². The quantitative estimate of drug-likeness (QED) is 0.673. The summed E-state index contributed by atoms with van der Waals surface area (Å²) in [6.07, 6.45) is 0.997. The number of ketones is 1. The topological polar surface area (TPSA) is 32.3 Å². The van der Waals surface area contributed by atoms with Crippen molar-refractivity contribution in [2.45, 2.75) is 6.42 Å². The molecule has 0 bridgehead atoms. The zero-order valence-electron chi connectivity index (χ0n) is 10.4. The number of nitrogens with zero attached hydrogens (tertiary/aromatic N) is 1. The lowest BCUT2D eigenvalue weighted by Gasteiger charge is -2.18. The minimum Gasteiger partial charge on any atom is -0.315 e. The highest BCUT2D eigenvalue weighted by atomic mass is 79.9. The van der Waals surface area contributed by atoms with Gasteiger partial charge in [0, 0.05) is 17.6 Å². The predicted octanol–water partition coefficient (Wildman–Crippen LogP) is 2.72. The number of benzene rings is 1. The SMILES string of the molecule is O=C(CN1CCCNCC1)c1ccc(Br)c(Cl)c1F. The zero-order valence-corrected chi connectivity index (χ0v) is 12.7. The van der Waals surface area contributed by atoms with Crippen molar-refractivity contribution in [3.05, 3.63) is 33.0 Å². The van der Waals surface area contributed by atoms with E-state index in [4.69, 9.17) is 11.6 Å². The lowest BCUT2D eigenvalue weighted by atomic mass is 10.1. The van der Waals surface area contributed by atoms with Gasteiger partial charge in [-0.25, -0.2) is 4.39 Å². The van der Waals surface area contributed by atoms with Crippen LogP contribution in [-0.4, -0.2) is 43.4 Å². The molecular formula is C13H15BrClFN2O. The number of hydrogen-bond acceptors (Lipinski definition) is 3. The highest BCUT2D eigenvalue weighted by molar-refractivity contribution is 9.10. The van der Waals surface area contributed by atoms with Gasteiger partial charge in [-0.2, -0.15) is 0 Å². The van der Waals surface area contributed by atoms with Gasteiger partial charge >= 0.3 is 0 Å². The molecule has 1 heterocycles. The third-order valence-electron chi connectivity index (χ3n) is 3.14. The van der Waals surface area contributed by atoms with Gasteiger partial charge in [-0.05, 0) is 47.6 Å². The second-order valence-electron chi connectivity index (χ2n) is 4.53. The third-order valence-corrected chi connectivity index (χ3v) is 4.39. The molecule has 1 aromatic rings. The Bertz CT molecular complexity index is 476. The summed E-state index contributed by atoms with van der Waals surface area (Å²) in [7, 11) is 0. The van der Waals surface area contributed by atoms with E-state index in [1.54, 1.807) is 6.07 Å². The van der Waals surface area contributed by atoms with Crippen LogP contribution in [0.15, 0.2) is 16.6 Å². The highest BCUT2D eigenvalue weighted by Crippen LogP contribution is 2.27. The van der Waals surface area contributed by atoms with Gasteiger partial charge < -0.3 is 5.32 Å². The minimum atomic E-state index is -0.644. The fraction of sp³-hybridized carbons (Fsp3) is 0.462. The van der Waals surface area contributed by atoms with Crippen LogP contribution in [0.4, 0.5) is 4.39 Å². The fourth-order valence-corrected chi connectivity index (χ4v) is 2.56. The number of hydrogen-bond donors (Lipinski definition) is 1. The molecule has 1 fully saturated rings. The van der Waals surface area contributed by atoms with Crippen molar-refractivity contribution < 1.29 is 9.18 Å². The van der Waals surface area contributed by atoms with E-state index >= 15 is 0 Å². The summed E-state index contributed by atoms with van der Waals surface area (Å²) in [4.78, 5) is 14.2. The van der Waals surface area contributed by atoms with Crippen molar-refractivity contribution in [3.8, 4) is 0 Å². The van der Waals surface area contributed by atoms with Crippen LogP contribution in [0.2, 0.25) is 5.02 Å². The third kappa shape index (κ3) is 3.75. The largest absolute Gasteiger partial charge is 0.315 e. The van der Waals surface area contributed by atoms with Crippen molar-refractivity contribution in [1.29, 1.82) is 0 Å². The van der Waals surface area contributed by atoms with Crippen LogP contribution in [0.5, 0.6) is 0 Å². The van der Waals surface area contributed by atoms with E-state index in [-0.39, 0.29) is 22.9 Å². The molecular weight excluding hydrogens is 335 g/mol. The van der Waals surface area contributed by atoms with Crippen LogP contribution in [0.25, 0.3) is 0 Å². The second kappa shape index (κ2) is 6.79. The molecule has 3 nitrogen and oxygen atoms in total. The molecule has 2 rings (SSSR count). The highest BCUT2D eigenvalue weighted by Gasteiger charge is 2.19. The maximum Gasteiger partial charge on any atom is 0.179 e. The molecule has 0 unspecified atom stereocenters. The normalized spacial score (nSPS) is 17.2. The lowest BCUT2D eigenvalue weighted by molar-refractivity contribution is 0.0931. The molecule has 0 atom stereocenters. The molecule has 104 valence electrons. The summed E-state index contributed by atoms with van der Waals surface area (Å²) >= 11 is 8.93. The molecule has 0 aromatic heterocycles. The molecule has 6 heteroatoms. The van der Waals surface area contributed by atoms with E-state index in [2.05, 4.69) is 21.2 Å². The van der Waals surface area contributed by atoms with Crippen molar-refractivity contribution in [2.75, 3.05) is 32.7 Å². The van der Waals surface area contributed by atoms with E-state index in [0.717, 1.165) is 32.6 Å². The first-order chi connectivity index (χ1) is 9.09. The van der Waals surface area contributed by atoms with Gasteiger partial charge in [-0.3, -0.25) is 9.69 Å². The van der Waals surface area contributed by atoms with Gasteiger partial charge in [-0.15, -0.1) is 0 Å². The maximum absolute atomic E-state index is 13.9. The zero-order chi connectivity index (χ0) is 13.8. The molecule has 1 N–H and O–H groups in total. The number of rotatable bonds is 3. The Morgan fingerprint density at radius 2 is 2.21 bits per heavy atom. The molecule has 1 aliphatic heterocycles. The van der Waals surface area contributed by atoms with Crippen LogP contribution in [0.3, 0.4) is 0 Å². The molecule has 1 aromatic carbocycles. The van der Waals surface area contributed by atoms with Gasteiger partial charge in [-0.1, -0.05) is 11.6 Å². The standard InChI is InChI=1S/C13H15BrClFN2O/c14-10-3-2-9(13(16)12(10)15)11(19)8-18-6-1-4-17-5-7-18/h2-3,17H,1,4-8H2. The number of halogens is 3. The second-order valence-corrected chi connectivity index (χ2v) is 5.76. The minimum absolute atomic E-state index is 0.0385. The lowest BCUT2D eigenvalue weighted by Crippen LogP contribution is -2.33. The Labute approximate surface area is 125 Å². The molecule has 0 amide bonds. The molecule has 0 spiro atoms. The average Bonchev–Trinajstić information content (AvgIpc) is 2.64. The van der Waals surface area contributed by atoms with Crippen molar-refractivity contribution in [1.82, 2.24) is 10.2 Å². The van der Waals surface area contributed by atoms with Crippen LogP contribution in [-0.2, 0) is 0 Å². The van der Waals surface area contributed by atoms with Gasteiger partial charge in [0.15, 0.2) is 11.6 Å². The van der Waals surface area contributed by atoms with E-state index < -0.39 is 5.82 Å². The first-order valence-electron chi connectivity index (χ1n) is 6.19. The van der Waals surface area contributed by atoms with E-state index in [9.17, 15) is 9.18 Å². The van der Waals surface area contributed by atoms with Crippen molar-refractivity contribution in [3.63, 3.8) is 0 Å². The van der Waals surface area contributed by atoms with Crippen molar-refractivity contribution >= 4 is 33.3 Å². The molecule has 1 saturated heterocycles. The van der Waals surface area contributed by atoms with E-state index in [1.807, 2.05) is 4.90 Å². The predicted molar refractivity (Wildman–Crippen MR) is 77.4 cm³/mol. The Kier molecular flexibility index (Phi) is 5.33. The van der Waals surface area contributed by atoms with Crippen LogP contribution in [0.1, 0.15) is 16.8 Å². The summed E-state index contributed by atoms with van der Waals surface area (Å²) in [5.41, 5.74) is 0.0606. The number of Topliss-reactive ketones (excluding diaryl/α,β-unsaturated/α-hetero) is 1. The molecule has 19 heavy (non-hydrogen) atoms. The summed E-state index contributed by atoms with van der Waals surface area (Å²) in [6.45, 7) is 3.71. The Hall–Kier alpha value is -0.490. The number of nitrogens with one attached hydrogen (secondary N) is 1. The monoisotopic (exact) mass is 348 g/mol. The summed E-state index contributed by atoms with van der Waals surface area (Å²) < 4.78 is 14.4. The van der Waals surface area contributed by atoms with Gasteiger partial charge in [0.05, 0.1) is 17.1 Å². The van der Waals surface area contributed by atoms with E-state index in [0.29, 0.717) is 4.47 Å². The first kappa shape index (κ1) is 14.9. The smallest absolute Gasteiger partial charge is 0.179 e. The molecule has 0 saturated carbocycles. The summed E-state index contributed by atoms with van der Waals surface area (Å²) in [5.74, 6) is -0.872. The molecule has 0 radical (unpaired) electrons. The van der Waals surface area contributed by atoms with E-state index in [1.165, 1.54) is 6.07 Å². The molecule has 1 aliphatic rings. The first-order valence-corrected chi connectivity index (χ1v) is 7.36. The molecule has 0 aliphatic carbocycles. The number of carbonyl (C=O) groups excluding carboxylic acids is 1. The van der Waals surface area contributed by atoms with Gasteiger partial charge in [0.25, 0.3) is 0 Å². The van der Waals surface area contributed by atoms with Gasteiger partial charge in [0.2, 0.25) is 0 Å². The Morgan fingerprint density at radius 3 is 3.00 bits per heavy atom. The fourth-order valence-electron chi connectivity index (χ4n) is 2.09. The van der Waals surface area contributed by atoms with Crippen LogP contribution in [0, 0.1) is 5.82 Å². The van der Waals surface area contributed by atoms with Gasteiger partial charge in [0.1, 0.15) is 0 Å². The van der Waals surface area contributed by atoms with Crippen LogP contribution < -0.4 is 5.32 Å². The number of carbonyl (C=O) groups is 1. The summed E-state index contributed by atoms with van der Waals surface area (Å²) in [6, 6.07) is 3.08. The summed E-state index contributed by atoms with van der Waals surface area (Å²) in [5, 5.41) is 3.23. The average molecular weight is 350 g/mol. The van der Waals surface area contributed by atoms with Crippen LogP contribution >= 0.6 is 27.5 Å². The Balaban J connectivity index is 2.09. The maximum atomic E-state index is 13.9.